The molecule has 1 N–H and O–H groups in total. The van der Waals surface area contributed by atoms with Crippen molar-refractivity contribution in [3.05, 3.63) is 49.3 Å². The van der Waals surface area contributed by atoms with E-state index in [0.717, 1.165) is 21.2 Å². The van der Waals surface area contributed by atoms with Crippen LogP contribution < -0.4 is 5.32 Å². The number of thiophene rings is 1. The van der Waals surface area contributed by atoms with Crippen molar-refractivity contribution >= 4 is 43.2 Å². The highest BCUT2D eigenvalue weighted by atomic mass is 79.9. The summed E-state index contributed by atoms with van der Waals surface area (Å²) >= 11 is 8.88. The van der Waals surface area contributed by atoms with Gasteiger partial charge in [-0.15, -0.1) is 11.3 Å². The summed E-state index contributed by atoms with van der Waals surface area (Å²) in [6, 6.07) is 6.15. The van der Waals surface area contributed by atoms with Gasteiger partial charge in [0.05, 0.1) is 11.7 Å². The van der Waals surface area contributed by atoms with Crippen molar-refractivity contribution < 1.29 is 0 Å². The lowest BCUT2D eigenvalue weighted by Gasteiger charge is -2.17. The second kappa shape index (κ2) is 6.09. The Kier molecular flexibility index (Phi) is 4.73. The van der Waals surface area contributed by atoms with Crippen LogP contribution >= 0.6 is 43.2 Å². The van der Waals surface area contributed by atoms with Gasteiger partial charge in [-0.3, -0.25) is 4.98 Å². The van der Waals surface area contributed by atoms with Gasteiger partial charge in [-0.1, -0.05) is 6.92 Å². The normalized spacial score (nSPS) is 12.6. The van der Waals surface area contributed by atoms with Crippen molar-refractivity contribution in [1.82, 2.24) is 10.3 Å². The SMILES string of the molecule is CCNC(c1ncccc1Br)c1sccc1Br. The fraction of sp³-hybridized carbons (Fsp3) is 0.250. The minimum Gasteiger partial charge on any atom is -0.305 e. The van der Waals surface area contributed by atoms with Gasteiger partial charge in [-0.2, -0.15) is 0 Å². The summed E-state index contributed by atoms with van der Waals surface area (Å²) in [5.74, 6) is 0. The van der Waals surface area contributed by atoms with Crippen molar-refractivity contribution in [2.75, 3.05) is 6.54 Å². The Hall–Kier alpha value is -0.230. The molecule has 2 aromatic heterocycles. The zero-order chi connectivity index (χ0) is 12.3. The van der Waals surface area contributed by atoms with E-state index in [9.17, 15) is 0 Å². The topological polar surface area (TPSA) is 24.9 Å². The van der Waals surface area contributed by atoms with Gasteiger partial charge in [-0.25, -0.2) is 0 Å². The molecule has 1 unspecified atom stereocenters. The van der Waals surface area contributed by atoms with Crippen molar-refractivity contribution in [1.29, 1.82) is 0 Å². The molecule has 17 heavy (non-hydrogen) atoms. The molecule has 2 rings (SSSR count). The first-order chi connectivity index (χ1) is 8.24. The molecule has 2 aromatic rings. The standard InChI is InChI=1S/C12H12Br2N2S/c1-2-15-11(12-9(14)5-7-17-12)10-8(13)4-3-6-16-10/h3-7,11,15H,2H2,1H3. The van der Waals surface area contributed by atoms with E-state index in [1.807, 2.05) is 18.3 Å². The molecule has 0 spiro atoms. The van der Waals surface area contributed by atoms with Crippen molar-refractivity contribution in [2.45, 2.75) is 13.0 Å². The summed E-state index contributed by atoms with van der Waals surface area (Å²) < 4.78 is 2.16. The van der Waals surface area contributed by atoms with E-state index in [-0.39, 0.29) is 6.04 Å². The van der Waals surface area contributed by atoms with Gasteiger partial charge in [0.1, 0.15) is 0 Å². The lowest BCUT2D eigenvalue weighted by molar-refractivity contribution is 0.620. The summed E-state index contributed by atoms with van der Waals surface area (Å²) in [5, 5.41) is 5.55. The number of nitrogens with one attached hydrogen (secondary N) is 1. The van der Waals surface area contributed by atoms with Crippen molar-refractivity contribution in [2.24, 2.45) is 0 Å². The van der Waals surface area contributed by atoms with Gasteiger partial charge < -0.3 is 5.32 Å². The first kappa shape index (κ1) is 13.2. The number of rotatable bonds is 4. The van der Waals surface area contributed by atoms with Crippen LogP contribution in [0, 0.1) is 0 Å². The van der Waals surface area contributed by atoms with Crippen LogP contribution in [-0.4, -0.2) is 11.5 Å². The Morgan fingerprint density at radius 3 is 2.76 bits per heavy atom. The van der Waals surface area contributed by atoms with E-state index in [1.54, 1.807) is 11.3 Å². The van der Waals surface area contributed by atoms with Crippen LogP contribution in [0.1, 0.15) is 23.5 Å². The molecule has 0 fully saturated rings. The van der Waals surface area contributed by atoms with Crippen LogP contribution in [0.2, 0.25) is 0 Å². The zero-order valence-corrected chi connectivity index (χ0v) is 13.3. The molecule has 0 aromatic carbocycles. The number of halogens is 2. The van der Waals surface area contributed by atoms with E-state index in [4.69, 9.17) is 0 Å². The maximum absolute atomic E-state index is 4.47. The molecule has 0 bridgehead atoms. The quantitative estimate of drug-likeness (QED) is 0.858. The predicted molar refractivity (Wildman–Crippen MR) is 79.5 cm³/mol. The molecule has 0 amide bonds. The third-order valence-electron chi connectivity index (χ3n) is 2.38. The maximum atomic E-state index is 4.47. The molecular weight excluding hydrogens is 364 g/mol. The predicted octanol–water partition coefficient (Wildman–Crippen LogP) is 4.37. The third-order valence-corrected chi connectivity index (χ3v) is 4.98. The Labute approximate surface area is 122 Å². The van der Waals surface area contributed by atoms with Gasteiger partial charge in [0.25, 0.3) is 0 Å². The summed E-state index contributed by atoms with van der Waals surface area (Å²) in [7, 11) is 0. The zero-order valence-electron chi connectivity index (χ0n) is 9.28. The molecule has 0 aliphatic rings. The van der Waals surface area contributed by atoms with E-state index < -0.39 is 0 Å². The molecule has 2 heterocycles. The second-order valence-electron chi connectivity index (χ2n) is 3.49. The summed E-state index contributed by atoms with van der Waals surface area (Å²) in [4.78, 5) is 5.73. The van der Waals surface area contributed by atoms with Gasteiger partial charge >= 0.3 is 0 Å². The molecule has 1 atom stereocenters. The number of aromatic nitrogens is 1. The van der Waals surface area contributed by atoms with Crippen LogP contribution in [0.4, 0.5) is 0 Å². The molecule has 0 aliphatic heterocycles. The third kappa shape index (κ3) is 2.96. The smallest absolute Gasteiger partial charge is 0.0867 e. The number of nitrogens with zero attached hydrogens (tertiary/aromatic N) is 1. The first-order valence-electron chi connectivity index (χ1n) is 5.30. The van der Waals surface area contributed by atoms with Crippen LogP contribution in [0.5, 0.6) is 0 Å². The van der Waals surface area contributed by atoms with E-state index in [1.165, 1.54) is 4.88 Å². The molecule has 90 valence electrons. The number of hydrogen-bond donors (Lipinski definition) is 1. The highest BCUT2D eigenvalue weighted by molar-refractivity contribution is 9.10. The Morgan fingerprint density at radius 2 is 2.18 bits per heavy atom. The molecule has 0 saturated carbocycles. The molecule has 0 radical (unpaired) electrons. The van der Waals surface area contributed by atoms with Crippen LogP contribution in [0.25, 0.3) is 0 Å². The van der Waals surface area contributed by atoms with Gasteiger partial charge in [0, 0.05) is 20.0 Å². The Morgan fingerprint density at radius 1 is 1.35 bits per heavy atom. The molecule has 2 nitrogen and oxygen atoms in total. The Balaban J connectivity index is 2.43. The average molecular weight is 376 g/mol. The molecule has 5 heteroatoms. The average Bonchev–Trinajstić information content (AvgIpc) is 2.74. The number of hydrogen-bond acceptors (Lipinski definition) is 3. The lowest BCUT2D eigenvalue weighted by Crippen LogP contribution is -2.22. The van der Waals surface area contributed by atoms with Crippen LogP contribution in [0.15, 0.2) is 38.7 Å². The summed E-state index contributed by atoms with van der Waals surface area (Å²) in [5.41, 5.74) is 1.03. The second-order valence-corrected chi connectivity index (χ2v) is 6.15. The highest BCUT2D eigenvalue weighted by Crippen LogP contribution is 2.34. The maximum Gasteiger partial charge on any atom is 0.0867 e. The van der Waals surface area contributed by atoms with Gasteiger partial charge in [0.15, 0.2) is 0 Å². The largest absolute Gasteiger partial charge is 0.305 e. The van der Waals surface area contributed by atoms with Crippen molar-refractivity contribution in [3.63, 3.8) is 0 Å². The molecular formula is C12H12Br2N2S. The van der Waals surface area contributed by atoms with Crippen molar-refractivity contribution in [3.8, 4) is 0 Å². The fourth-order valence-electron chi connectivity index (χ4n) is 1.64. The molecule has 0 aliphatic carbocycles. The van der Waals surface area contributed by atoms with E-state index in [0.29, 0.717) is 0 Å². The molecule has 0 saturated heterocycles. The summed E-state index contributed by atoms with van der Waals surface area (Å²) in [6.07, 6.45) is 1.83. The van der Waals surface area contributed by atoms with E-state index >= 15 is 0 Å². The van der Waals surface area contributed by atoms with Crippen LogP contribution in [0.3, 0.4) is 0 Å². The highest BCUT2D eigenvalue weighted by Gasteiger charge is 2.20. The van der Waals surface area contributed by atoms with Gasteiger partial charge in [-0.05, 0) is 62.0 Å². The lowest BCUT2D eigenvalue weighted by atomic mass is 10.1. The monoisotopic (exact) mass is 374 g/mol. The Bertz CT molecular complexity index is 499. The van der Waals surface area contributed by atoms with Gasteiger partial charge in [0.2, 0.25) is 0 Å². The fourth-order valence-corrected chi connectivity index (χ4v) is 3.80. The minimum absolute atomic E-state index is 0.130. The van der Waals surface area contributed by atoms with E-state index in [2.05, 4.69) is 60.5 Å². The first-order valence-corrected chi connectivity index (χ1v) is 7.77. The van der Waals surface area contributed by atoms with Crippen LogP contribution in [-0.2, 0) is 0 Å². The number of pyridine rings is 1. The minimum atomic E-state index is 0.130. The summed E-state index contributed by atoms with van der Waals surface area (Å²) in [6.45, 7) is 3.00.